The van der Waals surface area contributed by atoms with Gasteiger partial charge < -0.3 is 15.2 Å². The Labute approximate surface area is 106 Å². The molecule has 0 radical (unpaired) electrons. The van der Waals surface area contributed by atoms with Crippen LogP contribution in [0.3, 0.4) is 0 Å². The van der Waals surface area contributed by atoms with Gasteiger partial charge in [0.15, 0.2) is 0 Å². The summed E-state index contributed by atoms with van der Waals surface area (Å²) in [6.07, 6.45) is 9.10. The Kier molecular flexibility index (Phi) is 2.88. The molecule has 0 heterocycles. The summed E-state index contributed by atoms with van der Waals surface area (Å²) in [7, 11) is 0. The van der Waals surface area contributed by atoms with Crippen molar-refractivity contribution in [2.45, 2.75) is 38.1 Å². The molecular formula is C14H18NO3-. The van der Waals surface area contributed by atoms with Gasteiger partial charge in [0.25, 0.3) is 0 Å². The minimum atomic E-state index is -1.07. The van der Waals surface area contributed by atoms with Crippen molar-refractivity contribution in [3.05, 3.63) is 12.2 Å². The standard InChI is InChI=1S/C14H19NO3/c16-13(15-10-3-1-2-4-10)11-8-5-6-9(7-8)12(11)14(17)18/h5-6,8-12H,1-4,7H2,(H,15,16)(H,17,18)/p-1/t8-,9+,11-,12+/m1/s1. The maximum atomic E-state index is 12.3. The van der Waals surface area contributed by atoms with Crippen LogP contribution in [0.15, 0.2) is 12.2 Å². The highest BCUT2D eigenvalue weighted by Gasteiger charge is 2.48. The molecule has 2 bridgehead atoms. The largest absolute Gasteiger partial charge is 0.550 e. The third kappa shape index (κ3) is 1.84. The van der Waals surface area contributed by atoms with Crippen LogP contribution in [0.4, 0.5) is 0 Å². The number of amides is 1. The topological polar surface area (TPSA) is 69.2 Å². The Morgan fingerprint density at radius 2 is 1.67 bits per heavy atom. The quantitative estimate of drug-likeness (QED) is 0.727. The molecule has 18 heavy (non-hydrogen) atoms. The van der Waals surface area contributed by atoms with E-state index in [1.54, 1.807) is 0 Å². The van der Waals surface area contributed by atoms with Crippen LogP contribution in [0.25, 0.3) is 0 Å². The average molecular weight is 248 g/mol. The van der Waals surface area contributed by atoms with Crippen molar-refractivity contribution in [2.24, 2.45) is 23.7 Å². The smallest absolute Gasteiger partial charge is 0.224 e. The summed E-state index contributed by atoms with van der Waals surface area (Å²) >= 11 is 0. The molecule has 4 atom stereocenters. The average Bonchev–Trinajstić information content (AvgIpc) is 3.03. The Morgan fingerprint density at radius 3 is 2.28 bits per heavy atom. The second-order valence-electron chi connectivity index (χ2n) is 5.81. The summed E-state index contributed by atoms with van der Waals surface area (Å²) in [5, 5.41) is 14.2. The van der Waals surface area contributed by atoms with E-state index in [0.717, 1.165) is 32.1 Å². The summed E-state index contributed by atoms with van der Waals surface area (Å²) < 4.78 is 0. The molecule has 3 rings (SSSR count). The summed E-state index contributed by atoms with van der Waals surface area (Å²) in [5.74, 6) is -2.09. The number of hydrogen-bond acceptors (Lipinski definition) is 3. The van der Waals surface area contributed by atoms with Crippen molar-refractivity contribution >= 4 is 11.9 Å². The zero-order valence-electron chi connectivity index (χ0n) is 10.3. The first kappa shape index (κ1) is 11.8. The Bertz CT molecular complexity index is 398. The van der Waals surface area contributed by atoms with Crippen LogP contribution in [0.1, 0.15) is 32.1 Å². The van der Waals surface area contributed by atoms with E-state index in [-0.39, 0.29) is 23.8 Å². The van der Waals surface area contributed by atoms with E-state index in [0.29, 0.717) is 0 Å². The van der Waals surface area contributed by atoms with Gasteiger partial charge in [-0.2, -0.15) is 0 Å². The number of nitrogens with one attached hydrogen (secondary N) is 1. The number of carboxylic acid groups (broad SMARTS) is 1. The number of carbonyl (C=O) groups excluding carboxylic acids is 2. The molecule has 1 amide bonds. The maximum absolute atomic E-state index is 12.3. The third-order valence-electron chi connectivity index (χ3n) is 4.74. The molecule has 0 unspecified atom stereocenters. The van der Waals surface area contributed by atoms with Gasteiger partial charge in [-0.15, -0.1) is 0 Å². The van der Waals surface area contributed by atoms with Crippen molar-refractivity contribution in [1.29, 1.82) is 0 Å². The molecular weight excluding hydrogens is 230 g/mol. The SMILES string of the molecule is O=C([O-])[C@@H]1[C@H](C(=O)NC2CCCC2)[C@@H]2C=C[C@H]1C2. The molecule has 0 aromatic carbocycles. The van der Waals surface area contributed by atoms with E-state index >= 15 is 0 Å². The van der Waals surface area contributed by atoms with E-state index in [4.69, 9.17) is 0 Å². The first-order valence-electron chi connectivity index (χ1n) is 6.86. The summed E-state index contributed by atoms with van der Waals surface area (Å²) in [4.78, 5) is 23.5. The minimum Gasteiger partial charge on any atom is -0.550 e. The molecule has 98 valence electrons. The van der Waals surface area contributed by atoms with Gasteiger partial charge in [-0.25, -0.2) is 0 Å². The third-order valence-corrected chi connectivity index (χ3v) is 4.74. The number of rotatable bonds is 3. The molecule has 0 aromatic rings. The van der Waals surface area contributed by atoms with Crippen molar-refractivity contribution in [3.8, 4) is 0 Å². The van der Waals surface area contributed by atoms with Crippen LogP contribution in [-0.2, 0) is 9.59 Å². The molecule has 0 saturated heterocycles. The van der Waals surface area contributed by atoms with E-state index in [9.17, 15) is 14.7 Å². The molecule has 0 aliphatic heterocycles. The molecule has 4 heteroatoms. The van der Waals surface area contributed by atoms with Gasteiger partial charge in [0.2, 0.25) is 5.91 Å². The normalized spacial score (nSPS) is 38.2. The lowest BCUT2D eigenvalue weighted by Gasteiger charge is -2.29. The molecule has 0 spiro atoms. The number of allylic oxidation sites excluding steroid dienone is 2. The maximum Gasteiger partial charge on any atom is 0.224 e. The predicted octanol–water partition coefficient (Wildman–Crippen LogP) is 0.233. The second kappa shape index (κ2) is 4.41. The lowest BCUT2D eigenvalue weighted by Crippen LogP contribution is -2.46. The van der Waals surface area contributed by atoms with Crippen LogP contribution in [0.2, 0.25) is 0 Å². The number of carbonyl (C=O) groups is 2. The van der Waals surface area contributed by atoms with Crippen LogP contribution in [0, 0.1) is 23.7 Å². The Balaban J connectivity index is 1.71. The van der Waals surface area contributed by atoms with Crippen molar-refractivity contribution in [2.75, 3.05) is 0 Å². The van der Waals surface area contributed by atoms with Crippen LogP contribution >= 0.6 is 0 Å². The van der Waals surface area contributed by atoms with Crippen molar-refractivity contribution < 1.29 is 14.7 Å². The fourth-order valence-corrected chi connectivity index (χ4v) is 3.87. The molecule has 0 aromatic heterocycles. The zero-order valence-corrected chi connectivity index (χ0v) is 10.3. The predicted molar refractivity (Wildman–Crippen MR) is 63.1 cm³/mol. The van der Waals surface area contributed by atoms with E-state index in [1.807, 2.05) is 12.2 Å². The van der Waals surface area contributed by atoms with E-state index < -0.39 is 17.8 Å². The molecule has 2 saturated carbocycles. The number of aliphatic carboxylic acids is 1. The van der Waals surface area contributed by atoms with Crippen LogP contribution in [-0.4, -0.2) is 17.9 Å². The fourth-order valence-electron chi connectivity index (χ4n) is 3.87. The van der Waals surface area contributed by atoms with Gasteiger partial charge in [0.1, 0.15) is 0 Å². The summed E-state index contributed by atoms with van der Waals surface area (Å²) in [6, 6.07) is 0.253. The summed E-state index contributed by atoms with van der Waals surface area (Å²) in [5.41, 5.74) is 0. The molecule has 1 N–H and O–H groups in total. The first-order chi connectivity index (χ1) is 8.66. The first-order valence-corrected chi connectivity index (χ1v) is 6.86. The van der Waals surface area contributed by atoms with Gasteiger partial charge in [-0.3, -0.25) is 4.79 Å². The van der Waals surface area contributed by atoms with Crippen molar-refractivity contribution in [1.82, 2.24) is 5.32 Å². The number of carboxylic acids is 1. The monoisotopic (exact) mass is 248 g/mol. The zero-order chi connectivity index (χ0) is 12.7. The lowest BCUT2D eigenvalue weighted by atomic mass is 9.82. The number of fused-ring (bicyclic) bond motifs is 2. The second-order valence-corrected chi connectivity index (χ2v) is 5.81. The number of hydrogen-bond donors (Lipinski definition) is 1. The van der Waals surface area contributed by atoms with E-state index in [1.165, 1.54) is 0 Å². The van der Waals surface area contributed by atoms with Gasteiger partial charge >= 0.3 is 0 Å². The minimum absolute atomic E-state index is 0.000622. The van der Waals surface area contributed by atoms with Gasteiger partial charge in [0.05, 0.1) is 5.92 Å². The molecule has 2 fully saturated rings. The Morgan fingerprint density at radius 1 is 1.06 bits per heavy atom. The fraction of sp³-hybridized carbons (Fsp3) is 0.714. The highest BCUT2D eigenvalue weighted by atomic mass is 16.4. The lowest BCUT2D eigenvalue weighted by molar-refractivity contribution is -0.313. The molecule has 3 aliphatic carbocycles. The highest BCUT2D eigenvalue weighted by Crippen LogP contribution is 2.47. The summed E-state index contributed by atoms with van der Waals surface area (Å²) in [6.45, 7) is 0. The molecule has 3 aliphatic rings. The van der Waals surface area contributed by atoms with Gasteiger partial charge in [-0.05, 0) is 31.1 Å². The van der Waals surface area contributed by atoms with Crippen LogP contribution in [0.5, 0.6) is 0 Å². The van der Waals surface area contributed by atoms with Gasteiger partial charge in [-0.1, -0.05) is 25.0 Å². The Hall–Kier alpha value is -1.32. The van der Waals surface area contributed by atoms with Crippen molar-refractivity contribution in [3.63, 3.8) is 0 Å². The molecule has 4 nitrogen and oxygen atoms in total. The highest BCUT2D eigenvalue weighted by molar-refractivity contribution is 5.86. The van der Waals surface area contributed by atoms with Crippen LogP contribution < -0.4 is 10.4 Å². The van der Waals surface area contributed by atoms with E-state index in [2.05, 4.69) is 5.32 Å². The van der Waals surface area contributed by atoms with Gasteiger partial charge in [0, 0.05) is 17.9 Å².